The number of aromatic nitrogens is 1. The lowest BCUT2D eigenvalue weighted by Gasteiger charge is -2.28. The molecule has 418 valence electrons. The summed E-state index contributed by atoms with van der Waals surface area (Å²) < 4.78 is 2.38. The topological polar surface area (TPSA) is 8.17 Å². The average molecular weight is 1130 g/mol. The van der Waals surface area contributed by atoms with Crippen molar-refractivity contribution in [2.24, 2.45) is 0 Å². The van der Waals surface area contributed by atoms with Gasteiger partial charge in [0.05, 0.1) is 11.0 Å². The molecule has 16 aromatic rings. The summed E-state index contributed by atoms with van der Waals surface area (Å²) in [5.41, 5.74) is 26.4. The molecule has 0 atom stereocenters. The Labute approximate surface area is 519 Å². The highest BCUT2D eigenvalue weighted by Crippen LogP contribution is 2.53. The molecule has 0 N–H and O–H groups in total. The van der Waals surface area contributed by atoms with Crippen molar-refractivity contribution in [2.45, 2.75) is 19.3 Å². The van der Waals surface area contributed by atoms with Gasteiger partial charge in [-0.05, 0) is 200 Å². The average Bonchev–Trinajstić information content (AvgIpc) is 2.38. The third-order valence-electron chi connectivity index (χ3n) is 19.0. The first-order valence-corrected chi connectivity index (χ1v) is 31.0. The number of anilines is 3. The molecule has 0 unspecified atom stereocenters. The molecule has 2 heteroatoms. The normalized spacial score (nSPS) is 12.5. The molecule has 0 radical (unpaired) electrons. The van der Waals surface area contributed by atoms with E-state index in [0.717, 1.165) is 22.7 Å². The van der Waals surface area contributed by atoms with E-state index in [4.69, 9.17) is 0 Å². The number of benzene rings is 15. The highest BCUT2D eigenvalue weighted by Gasteiger charge is 2.36. The molecule has 0 saturated heterocycles. The fourth-order valence-corrected chi connectivity index (χ4v) is 14.6. The Kier molecular flexibility index (Phi) is 12.3. The first kappa shape index (κ1) is 52.0. The summed E-state index contributed by atoms with van der Waals surface area (Å²) in [6, 6.07) is 121. The van der Waals surface area contributed by atoms with Crippen molar-refractivity contribution in [2.75, 3.05) is 4.90 Å². The van der Waals surface area contributed by atoms with E-state index in [0.29, 0.717) is 0 Å². The maximum Gasteiger partial charge on any atom is 0.0541 e. The minimum absolute atomic E-state index is 0.283. The summed E-state index contributed by atoms with van der Waals surface area (Å²) >= 11 is 0. The molecule has 2 nitrogen and oxygen atoms in total. The Balaban J connectivity index is 0.735. The molecule has 0 saturated carbocycles. The van der Waals surface area contributed by atoms with Crippen LogP contribution in [-0.2, 0) is 5.41 Å². The summed E-state index contributed by atoms with van der Waals surface area (Å²) in [5, 5.41) is 9.97. The van der Waals surface area contributed by atoms with Gasteiger partial charge in [-0.2, -0.15) is 0 Å². The van der Waals surface area contributed by atoms with Gasteiger partial charge in [0.1, 0.15) is 0 Å². The van der Waals surface area contributed by atoms with Gasteiger partial charge < -0.3 is 9.47 Å². The van der Waals surface area contributed by atoms with E-state index in [1.807, 2.05) is 0 Å². The van der Waals surface area contributed by atoms with Crippen molar-refractivity contribution in [3.8, 4) is 83.6 Å². The second-order valence-electron chi connectivity index (χ2n) is 24.4. The Bertz CT molecular complexity index is 5340. The fraction of sp³-hybridized carbons (Fsp3) is 0.0345. The number of para-hydroxylation sites is 2. The Morgan fingerprint density at radius 3 is 1.38 bits per heavy atom. The van der Waals surface area contributed by atoms with Crippen LogP contribution in [0.2, 0.25) is 0 Å². The van der Waals surface area contributed by atoms with Crippen LogP contribution in [0.25, 0.3) is 138 Å². The lowest BCUT2D eigenvalue weighted by Crippen LogP contribution is -2.16. The predicted octanol–water partition coefficient (Wildman–Crippen LogP) is 24.0. The van der Waals surface area contributed by atoms with Crippen LogP contribution in [0.5, 0.6) is 0 Å². The lowest BCUT2D eigenvalue weighted by atomic mass is 9.81. The molecule has 0 bridgehead atoms. The third-order valence-corrected chi connectivity index (χ3v) is 19.0. The first-order chi connectivity index (χ1) is 43.9. The zero-order chi connectivity index (χ0) is 59.2. The Morgan fingerprint density at radius 2 is 0.674 bits per heavy atom. The minimum atomic E-state index is -0.283. The van der Waals surface area contributed by atoms with Gasteiger partial charge in [-0.1, -0.05) is 263 Å². The van der Waals surface area contributed by atoms with Gasteiger partial charge in [-0.25, -0.2) is 0 Å². The number of hydrogen-bond donors (Lipinski definition) is 0. The predicted molar refractivity (Wildman–Crippen MR) is 378 cm³/mol. The van der Waals surface area contributed by atoms with Gasteiger partial charge in [-0.3, -0.25) is 0 Å². The monoisotopic (exact) mass is 1130 g/mol. The molecular formula is C87H60N2. The standard InChI is InChI=1S/C87H60N2/c1-87(2)82-55-64(62-25-15-26-65(53-62)72-50-51-80(74-33-17-24-61-22-10-12-30-71(61)74)86-78(72)34-18-35-79(86)73-32-16-23-60-21-9-11-29-70(60)73)41-48-75(82)76-49-47-69(56-83(76)87)88(67-43-37-58(38-44-67)57-19-5-3-6-20-57)68-45-39-59(40-46-68)63-42-52-85-81(54-63)77-31-13-14-36-84(77)89(85)66-27-7-4-8-28-66/h3-56H,1-2H3. The van der Waals surface area contributed by atoms with Crippen molar-refractivity contribution in [1.82, 2.24) is 4.57 Å². The van der Waals surface area contributed by atoms with Crippen LogP contribution in [0, 0.1) is 0 Å². The molecule has 0 fully saturated rings. The summed E-state index contributed by atoms with van der Waals surface area (Å²) in [6.07, 6.45) is 0. The lowest BCUT2D eigenvalue weighted by molar-refractivity contribution is 0.660. The summed E-state index contributed by atoms with van der Waals surface area (Å²) in [6.45, 7) is 4.81. The van der Waals surface area contributed by atoms with E-state index >= 15 is 0 Å². The van der Waals surface area contributed by atoms with E-state index in [1.54, 1.807) is 0 Å². The van der Waals surface area contributed by atoms with Crippen LogP contribution in [-0.4, -0.2) is 4.57 Å². The smallest absolute Gasteiger partial charge is 0.0541 e. The molecule has 0 aliphatic heterocycles. The Hall–Kier alpha value is -11.3. The van der Waals surface area contributed by atoms with Crippen molar-refractivity contribution in [1.29, 1.82) is 0 Å². The van der Waals surface area contributed by atoms with Crippen molar-refractivity contribution >= 4 is 71.2 Å². The third kappa shape index (κ3) is 8.70. The molecule has 1 heterocycles. The Morgan fingerprint density at radius 1 is 0.247 bits per heavy atom. The fourth-order valence-electron chi connectivity index (χ4n) is 14.6. The van der Waals surface area contributed by atoms with E-state index in [-0.39, 0.29) is 5.41 Å². The summed E-state index contributed by atoms with van der Waals surface area (Å²) in [4.78, 5) is 2.43. The highest BCUT2D eigenvalue weighted by atomic mass is 15.1. The van der Waals surface area contributed by atoms with Crippen LogP contribution in [0.1, 0.15) is 25.0 Å². The van der Waals surface area contributed by atoms with Crippen molar-refractivity contribution < 1.29 is 0 Å². The zero-order valence-corrected chi connectivity index (χ0v) is 49.6. The van der Waals surface area contributed by atoms with Crippen molar-refractivity contribution in [3.63, 3.8) is 0 Å². The van der Waals surface area contributed by atoms with E-state index < -0.39 is 0 Å². The van der Waals surface area contributed by atoms with Crippen LogP contribution < -0.4 is 4.90 Å². The largest absolute Gasteiger partial charge is 0.310 e. The van der Waals surface area contributed by atoms with Gasteiger partial charge >= 0.3 is 0 Å². The SMILES string of the molecule is CC1(C)c2cc(-c3cccc(-c4ccc(-c5cccc6ccccc56)c5c(-c6cccc7ccccc67)cccc45)c3)ccc2-c2ccc(N(c3ccc(-c4ccccc4)cc3)c3ccc(-c4ccc5c(c4)c4ccccc4n5-c4ccccc4)cc3)cc21. The van der Waals surface area contributed by atoms with Gasteiger partial charge in [0, 0.05) is 38.9 Å². The maximum absolute atomic E-state index is 2.46. The zero-order valence-electron chi connectivity index (χ0n) is 49.6. The van der Waals surface area contributed by atoms with Crippen LogP contribution >= 0.6 is 0 Å². The summed E-state index contributed by atoms with van der Waals surface area (Å²) in [5.74, 6) is 0. The van der Waals surface area contributed by atoms with Crippen LogP contribution in [0.4, 0.5) is 17.1 Å². The van der Waals surface area contributed by atoms with Gasteiger partial charge in [0.2, 0.25) is 0 Å². The first-order valence-electron chi connectivity index (χ1n) is 31.0. The minimum Gasteiger partial charge on any atom is -0.310 e. The molecule has 1 aliphatic rings. The quantitative estimate of drug-likeness (QED) is 0.132. The second-order valence-corrected chi connectivity index (χ2v) is 24.4. The van der Waals surface area contributed by atoms with Crippen LogP contribution in [0.3, 0.4) is 0 Å². The van der Waals surface area contributed by atoms with Gasteiger partial charge in [0.25, 0.3) is 0 Å². The van der Waals surface area contributed by atoms with E-state index in [1.165, 1.54) is 143 Å². The van der Waals surface area contributed by atoms with E-state index in [9.17, 15) is 0 Å². The van der Waals surface area contributed by atoms with Crippen LogP contribution in [0.15, 0.2) is 328 Å². The van der Waals surface area contributed by atoms with Gasteiger partial charge in [0.15, 0.2) is 0 Å². The molecular weight excluding hydrogens is 1070 g/mol. The number of fused-ring (bicyclic) bond motifs is 9. The molecule has 17 rings (SSSR count). The second kappa shape index (κ2) is 21.0. The van der Waals surface area contributed by atoms with E-state index in [2.05, 4.69) is 351 Å². The molecule has 15 aromatic carbocycles. The number of hydrogen-bond acceptors (Lipinski definition) is 1. The highest BCUT2D eigenvalue weighted by molar-refractivity contribution is 6.17. The molecule has 1 aliphatic carbocycles. The maximum atomic E-state index is 2.46. The van der Waals surface area contributed by atoms with Gasteiger partial charge in [-0.15, -0.1) is 0 Å². The molecule has 1 aromatic heterocycles. The summed E-state index contributed by atoms with van der Waals surface area (Å²) in [7, 11) is 0. The number of nitrogens with zero attached hydrogens (tertiary/aromatic N) is 2. The molecule has 0 amide bonds. The molecule has 89 heavy (non-hydrogen) atoms. The number of rotatable bonds is 10. The van der Waals surface area contributed by atoms with Crippen molar-refractivity contribution in [3.05, 3.63) is 339 Å². The molecule has 0 spiro atoms.